The first-order valence-corrected chi connectivity index (χ1v) is 6.01. The Bertz CT molecular complexity index is 351. The zero-order valence-electron chi connectivity index (χ0n) is 9.94. The van der Waals surface area contributed by atoms with Crippen LogP contribution in [-0.4, -0.2) is 43.4 Å². The lowest BCUT2D eigenvalue weighted by atomic mass is 10.2. The van der Waals surface area contributed by atoms with Gasteiger partial charge < -0.3 is 20.5 Å². The Balaban J connectivity index is 2.41. The van der Waals surface area contributed by atoms with E-state index in [2.05, 4.69) is 31.2 Å². The van der Waals surface area contributed by atoms with Crippen LogP contribution >= 0.6 is 15.9 Å². The molecule has 0 aliphatic carbocycles. The molecule has 1 unspecified atom stereocenters. The number of nitrogens with zero attached hydrogens (tertiary/aromatic N) is 2. The molecule has 17 heavy (non-hydrogen) atoms. The quantitative estimate of drug-likeness (QED) is 0.783. The van der Waals surface area contributed by atoms with Gasteiger partial charge in [-0.2, -0.15) is 4.98 Å². The van der Waals surface area contributed by atoms with E-state index in [1.54, 1.807) is 20.4 Å². The van der Waals surface area contributed by atoms with Gasteiger partial charge in [0.1, 0.15) is 0 Å². The smallest absolute Gasteiger partial charge is 0.232 e. The third kappa shape index (κ3) is 4.84. The van der Waals surface area contributed by atoms with Crippen molar-refractivity contribution in [2.45, 2.75) is 12.5 Å². The molecule has 96 valence electrons. The molecule has 1 rings (SSSR count). The van der Waals surface area contributed by atoms with E-state index in [1.807, 2.05) is 0 Å². The maximum atomic E-state index is 5.79. The number of nitrogens with one attached hydrogen (secondary N) is 1. The highest BCUT2D eigenvalue weighted by atomic mass is 79.9. The van der Waals surface area contributed by atoms with Gasteiger partial charge in [0.15, 0.2) is 0 Å². The summed E-state index contributed by atoms with van der Waals surface area (Å²) < 4.78 is 10.7. The summed E-state index contributed by atoms with van der Waals surface area (Å²) in [7, 11) is 3.20. The molecule has 0 aliphatic rings. The van der Waals surface area contributed by atoms with Crippen LogP contribution in [0, 0.1) is 0 Å². The Labute approximate surface area is 109 Å². The molecule has 0 bridgehead atoms. The molecule has 0 spiro atoms. The molecular formula is C10H17BrN4O2. The molecule has 6 nitrogen and oxygen atoms in total. The van der Waals surface area contributed by atoms with Crippen LogP contribution in [-0.2, 0) is 4.74 Å². The Morgan fingerprint density at radius 3 is 2.94 bits per heavy atom. The van der Waals surface area contributed by atoms with E-state index in [4.69, 9.17) is 15.2 Å². The number of ether oxygens (including phenoxy) is 2. The van der Waals surface area contributed by atoms with Crippen molar-refractivity contribution in [3.63, 3.8) is 0 Å². The zero-order chi connectivity index (χ0) is 12.7. The summed E-state index contributed by atoms with van der Waals surface area (Å²) in [5.74, 6) is 1.03. The second kappa shape index (κ2) is 7.41. The van der Waals surface area contributed by atoms with E-state index < -0.39 is 0 Å². The molecule has 0 radical (unpaired) electrons. The van der Waals surface area contributed by atoms with E-state index in [-0.39, 0.29) is 6.04 Å². The van der Waals surface area contributed by atoms with Crippen LogP contribution in [0.1, 0.15) is 6.42 Å². The highest BCUT2D eigenvalue weighted by Crippen LogP contribution is 2.21. The average Bonchev–Trinajstić information content (AvgIpc) is 2.31. The summed E-state index contributed by atoms with van der Waals surface area (Å²) >= 11 is 3.29. The van der Waals surface area contributed by atoms with E-state index in [0.29, 0.717) is 25.0 Å². The van der Waals surface area contributed by atoms with E-state index in [9.17, 15) is 0 Å². The Hall–Kier alpha value is -0.920. The highest BCUT2D eigenvalue weighted by molar-refractivity contribution is 9.10. The lowest BCUT2D eigenvalue weighted by Gasteiger charge is -2.11. The van der Waals surface area contributed by atoms with Crippen LogP contribution in [0.3, 0.4) is 0 Å². The van der Waals surface area contributed by atoms with Gasteiger partial charge in [-0.3, -0.25) is 0 Å². The van der Waals surface area contributed by atoms with E-state index >= 15 is 0 Å². The molecule has 1 aromatic heterocycles. The standard InChI is InChI=1S/C10H17BrN4O2/c1-16-6-7(12)3-4-13-10-14-5-8(11)9(15-10)17-2/h5,7H,3-4,6,12H2,1-2H3,(H,13,14,15). The lowest BCUT2D eigenvalue weighted by Crippen LogP contribution is -2.28. The van der Waals surface area contributed by atoms with Crippen molar-refractivity contribution in [1.82, 2.24) is 9.97 Å². The molecule has 0 saturated carbocycles. The molecule has 1 heterocycles. The van der Waals surface area contributed by atoms with Gasteiger partial charge in [-0.1, -0.05) is 0 Å². The molecule has 0 aliphatic heterocycles. The van der Waals surface area contributed by atoms with Crippen molar-refractivity contribution in [3.05, 3.63) is 10.7 Å². The van der Waals surface area contributed by atoms with Gasteiger partial charge in [-0.25, -0.2) is 4.98 Å². The predicted octanol–water partition coefficient (Wildman–Crippen LogP) is 1.02. The van der Waals surface area contributed by atoms with Gasteiger partial charge in [-0.15, -0.1) is 0 Å². The summed E-state index contributed by atoms with van der Waals surface area (Å²) in [6.45, 7) is 1.24. The van der Waals surface area contributed by atoms with Gasteiger partial charge in [0.25, 0.3) is 0 Å². The molecule has 7 heteroatoms. The third-order valence-corrected chi connectivity index (χ3v) is 2.63. The first-order chi connectivity index (χ1) is 8.17. The first-order valence-electron chi connectivity index (χ1n) is 5.22. The molecule has 3 N–H and O–H groups in total. The minimum absolute atomic E-state index is 0.0184. The molecule has 0 aromatic carbocycles. The van der Waals surface area contributed by atoms with Crippen molar-refractivity contribution in [2.24, 2.45) is 5.73 Å². The SMILES string of the molecule is COCC(N)CCNc1ncc(Br)c(OC)n1. The van der Waals surface area contributed by atoms with Crippen molar-refractivity contribution in [3.8, 4) is 5.88 Å². The number of nitrogens with two attached hydrogens (primary N) is 1. The first kappa shape index (κ1) is 14.1. The van der Waals surface area contributed by atoms with Gasteiger partial charge >= 0.3 is 0 Å². The summed E-state index contributed by atoms with van der Waals surface area (Å²) in [5.41, 5.74) is 5.79. The van der Waals surface area contributed by atoms with Crippen molar-refractivity contribution < 1.29 is 9.47 Å². The fourth-order valence-corrected chi connectivity index (χ4v) is 1.60. The van der Waals surface area contributed by atoms with Gasteiger partial charge in [0, 0.05) is 19.7 Å². The Kier molecular flexibility index (Phi) is 6.17. The summed E-state index contributed by atoms with van der Waals surface area (Å²) in [4.78, 5) is 8.28. The van der Waals surface area contributed by atoms with Gasteiger partial charge in [0.2, 0.25) is 11.8 Å². The molecule has 0 amide bonds. The maximum Gasteiger partial charge on any atom is 0.232 e. The van der Waals surface area contributed by atoms with Crippen LogP contribution in [0.4, 0.5) is 5.95 Å². The number of aromatic nitrogens is 2. The number of anilines is 1. The topological polar surface area (TPSA) is 82.3 Å². The van der Waals surface area contributed by atoms with Gasteiger partial charge in [0.05, 0.1) is 24.4 Å². The monoisotopic (exact) mass is 304 g/mol. The largest absolute Gasteiger partial charge is 0.480 e. The summed E-state index contributed by atoms with van der Waals surface area (Å²) in [6, 6.07) is 0.0184. The van der Waals surface area contributed by atoms with Crippen molar-refractivity contribution >= 4 is 21.9 Å². The number of methoxy groups -OCH3 is 2. The van der Waals surface area contributed by atoms with Crippen LogP contribution in [0.5, 0.6) is 5.88 Å². The number of halogens is 1. The molecule has 1 aromatic rings. The van der Waals surface area contributed by atoms with Crippen LogP contribution in [0.15, 0.2) is 10.7 Å². The van der Waals surface area contributed by atoms with Crippen LogP contribution in [0.25, 0.3) is 0 Å². The second-order valence-corrected chi connectivity index (χ2v) is 4.34. The van der Waals surface area contributed by atoms with Crippen molar-refractivity contribution in [2.75, 3.05) is 32.7 Å². The van der Waals surface area contributed by atoms with Gasteiger partial charge in [-0.05, 0) is 22.4 Å². The number of hydrogen-bond donors (Lipinski definition) is 2. The predicted molar refractivity (Wildman–Crippen MR) is 69.2 cm³/mol. The lowest BCUT2D eigenvalue weighted by molar-refractivity contribution is 0.178. The van der Waals surface area contributed by atoms with E-state index in [1.165, 1.54) is 0 Å². The fourth-order valence-electron chi connectivity index (χ4n) is 1.25. The molecule has 0 fully saturated rings. The second-order valence-electron chi connectivity index (χ2n) is 3.48. The third-order valence-electron chi connectivity index (χ3n) is 2.08. The number of hydrogen-bond acceptors (Lipinski definition) is 6. The van der Waals surface area contributed by atoms with E-state index in [0.717, 1.165) is 10.9 Å². The molecular weight excluding hydrogens is 288 g/mol. The molecule has 0 saturated heterocycles. The normalized spacial score (nSPS) is 12.2. The summed E-state index contributed by atoms with van der Waals surface area (Å²) in [5, 5.41) is 3.08. The van der Waals surface area contributed by atoms with Crippen LogP contribution < -0.4 is 15.8 Å². The molecule has 1 atom stereocenters. The average molecular weight is 305 g/mol. The van der Waals surface area contributed by atoms with Crippen LogP contribution in [0.2, 0.25) is 0 Å². The maximum absolute atomic E-state index is 5.79. The minimum Gasteiger partial charge on any atom is -0.480 e. The fraction of sp³-hybridized carbons (Fsp3) is 0.600. The van der Waals surface area contributed by atoms with Crippen molar-refractivity contribution in [1.29, 1.82) is 0 Å². The number of rotatable bonds is 7. The highest BCUT2D eigenvalue weighted by Gasteiger charge is 2.05. The minimum atomic E-state index is 0.0184. The Morgan fingerprint density at radius 2 is 2.29 bits per heavy atom. The Morgan fingerprint density at radius 1 is 1.53 bits per heavy atom. The zero-order valence-corrected chi connectivity index (χ0v) is 11.5. The summed E-state index contributed by atoms with van der Waals surface area (Å²) in [6.07, 6.45) is 2.43.